The summed E-state index contributed by atoms with van der Waals surface area (Å²) in [6.07, 6.45) is -4.49. The summed E-state index contributed by atoms with van der Waals surface area (Å²) < 4.78 is 104. The monoisotopic (exact) mass is 897 g/mol. The van der Waals surface area contributed by atoms with Crippen LogP contribution in [0.3, 0.4) is 0 Å². The minimum atomic E-state index is -4.49. The fraction of sp³-hybridized carbons (Fsp3) is 0.523. The maximum absolute atomic E-state index is 13.1. The second-order valence-electron chi connectivity index (χ2n) is 12.8. The van der Waals surface area contributed by atoms with Gasteiger partial charge in [-0.3, -0.25) is 4.79 Å². The number of alkyl halides is 3. The lowest BCUT2D eigenvalue weighted by Gasteiger charge is -2.13. The van der Waals surface area contributed by atoms with E-state index in [1.165, 1.54) is 18.2 Å². The van der Waals surface area contributed by atoms with Crippen LogP contribution in [-0.4, -0.2) is 163 Å². The van der Waals surface area contributed by atoms with Crippen LogP contribution in [0.1, 0.15) is 26.3 Å². The van der Waals surface area contributed by atoms with E-state index in [2.05, 4.69) is 5.32 Å². The number of rotatable bonds is 38. The molecule has 0 atom stereocenters. The predicted octanol–water partition coefficient (Wildman–Crippen LogP) is 5.20. The summed E-state index contributed by atoms with van der Waals surface area (Å²) in [5, 5.41) is 2.85. The number of ether oxygens (including phenoxy) is 12. The highest BCUT2D eigenvalue weighted by atomic mass is 19.4. The van der Waals surface area contributed by atoms with Gasteiger partial charge in [-0.05, 0) is 30.3 Å². The van der Waals surface area contributed by atoms with Crippen molar-refractivity contribution in [1.82, 2.24) is 0 Å². The Morgan fingerprint density at radius 3 is 1.24 bits per heavy atom. The van der Waals surface area contributed by atoms with Crippen molar-refractivity contribution < 1.29 is 84.4 Å². The zero-order valence-corrected chi connectivity index (χ0v) is 35.3. The lowest BCUT2D eigenvalue weighted by Crippen LogP contribution is -2.20. The van der Waals surface area contributed by atoms with Gasteiger partial charge < -0.3 is 62.2 Å². The van der Waals surface area contributed by atoms with Gasteiger partial charge in [-0.15, -0.1) is 0 Å². The summed E-state index contributed by atoms with van der Waals surface area (Å²) in [5.74, 6) is -2.24. The Hall–Kier alpha value is -4.54. The van der Waals surface area contributed by atoms with Crippen LogP contribution in [-0.2, 0) is 67.8 Å². The molecule has 0 saturated heterocycles. The van der Waals surface area contributed by atoms with Gasteiger partial charge in [0.1, 0.15) is 13.2 Å². The van der Waals surface area contributed by atoms with E-state index in [4.69, 9.17) is 56.8 Å². The number of anilines is 2. The number of halogens is 3. The second kappa shape index (κ2) is 33.9. The highest BCUT2D eigenvalue weighted by Crippen LogP contribution is 2.32. The summed E-state index contributed by atoms with van der Waals surface area (Å²) in [6, 6.07) is 19.3. The molecular formula is C44H58F3NO15. The van der Waals surface area contributed by atoms with Crippen molar-refractivity contribution in [3.8, 4) is 0 Å². The number of Topliss-reactive ketones (excluding diaryl/α,β-unsaturated/α-hetero) is 1. The summed E-state index contributed by atoms with van der Waals surface area (Å²) in [4.78, 5) is 36.3. The topological polar surface area (TPSA) is 174 Å². The maximum Gasteiger partial charge on any atom is 0.416 e. The molecule has 3 aromatic carbocycles. The fourth-order valence-electron chi connectivity index (χ4n) is 5.02. The molecule has 0 bridgehead atoms. The predicted molar refractivity (Wildman–Crippen MR) is 221 cm³/mol. The molecule has 0 unspecified atom stereocenters. The first kappa shape index (κ1) is 52.8. The van der Waals surface area contributed by atoms with Crippen LogP contribution < -0.4 is 5.32 Å². The second-order valence-corrected chi connectivity index (χ2v) is 12.8. The van der Waals surface area contributed by atoms with Crippen molar-refractivity contribution in [2.24, 2.45) is 0 Å². The molecule has 3 aromatic rings. The first-order chi connectivity index (χ1) is 30.8. The molecule has 0 aliphatic heterocycles. The van der Waals surface area contributed by atoms with Gasteiger partial charge in [0, 0.05) is 11.3 Å². The van der Waals surface area contributed by atoms with E-state index in [0.29, 0.717) is 118 Å². The van der Waals surface area contributed by atoms with Crippen LogP contribution in [0.25, 0.3) is 0 Å². The van der Waals surface area contributed by atoms with E-state index < -0.39 is 29.5 Å². The molecule has 0 spiro atoms. The van der Waals surface area contributed by atoms with Gasteiger partial charge in [0.15, 0.2) is 0 Å². The van der Waals surface area contributed by atoms with Crippen molar-refractivity contribution in [3.05, 3.63) is 95.6 Å². The van der Waals surface area contributed by atoms with Gasteiger partial charge in [-0.25, -0.2) is 9.59 Å². The van der Waals surface area contributed by atoms with Crippen LogP contribution in [0.4, 0.5) is 24.5 Å². The number of benzene rings is 3. The lowest BCUT2D eigenvalue weighted by atomic mass is 10.1. The fourth-order valence-corrected chi connectivity index (χ4v) is 5.02. The molecule has 0 aromatic heterocycles. The molecule has 0 aliphatic carbocycles. The molecule has 0 heterocycles. The van der Waals surface area contributed by atoms with Crippen LogP contribution >= 0.6 is 0 Å². The Balaban J connectivity index is 0.971. The number of esters is 2. The van der Waals surface area contributed by atoms with E-state index in [1.54, 1.807) is 48.5 Å². The van der Waals surface area contributed by atoms with Gasteiger partial charge in [0.05, 0.1) is 149 Å². The largest absolute Gasteiger partial charge is 0.460 e. The lowest BCUT2D eigenvalue weighted by molar-refractivity contribution is -0.140. The van der Waals surface area contributed by atoms with E-state index in [1.807, 2.05) is 0 Å². The molecule has 0 radical (unpaired) electrons. The number of carbonyl (C=O) groups is 3. The standard InChI is InChI=1S/C44H58F3NO15/c45-44(46,47)37-9-6-10-38(35-37)48-40-12-5-4-11-39(40)42(50)62-33-31-60-29-27-58-25-23-56-21-19-54-17-15-52-13-14-53-16-18-55-20-22-57-24-26-59-28-30-61-32-34-63-43(51)41(49)36-7-2-1-3-8-36/h1-12,35,48H,13-34H2. The Morgan fingerprint density at radius 2 is 0.810 bits per heavy atom. The van der Waals surface area contributed by atoms with Crippen LogP contribution in [0.15, 0.2) is 78.9 Å². The van der Waals surface area contributed by atoms with Crippen molar-refractivity contribution >= 4 is 29.1 Å². The quantitative estimate of drug-likeness (QED) is 0.0344. The molecular weight excluding hydrogens is 839 g/mol. The first-order valence-electron chi connectivity index (χ1n) is 20.5. The van der Waals surface area contributed by atoms with Crippen molar-refractivity contribution in [1.29, 1.82) is 0 Å². The summed E-state index contributed by atoms with van der Waals surface area (Å²) in [5.41, 5.74) is 0.160. The van der Waals surface area contributed by atoms with E-state index in [9.17, 15) is 27.6 Å². The van der Waals surface area contributed by atoms with Gasteiger partial charge in [0.25, 0.3) is 5.78 Å². The summed E-state index contributed by atoms with van der Waals surface area (Å²) >= 11 is 0. The molecule has 0 aliphatic rings. The third-order valence-electron chi connectivity index (χ3n) is 8.11. The molecule has 16 nitrogen and oxygen atoms in total. The molecule has 350 valence electrons. The number of hydrogen-bond donors (Lipinski definition) is 1. The van der Waals surface area contributed by atoms with Gasteiger partial charge in [-0.2, -0.15) is 13.2 Å². The van der Waals surface area contributed by atoms with Crippen molar-refractivity contribution in [3.63, 3.8) is 0 Å². The first-order valence-corrected chi connectivity index (χ1v) is 20.5. The number of ketones is 1. The van der Waals surface area contributed by atoms with E-state index in [0.717, 1.165) is 12.1 Å². The molecule has 0 fully saturated rings. The average molecular weight is 898 g/mol. The summed E-state index contributed by atoms with van der Waals surface area (Å²) in [6.45, 7) is 7.41. The molecule has 63 heavy (non-hydrogen) atoms. The normalized spacial score (nSPS) is 11.4. The Morgan fingerprint density at radius 1 is 0.429 bits per heavy atom. The summed E-state index contributed by atoms with van der Waals surface area (Å²) in [7, 11) is 0. The average Bonchev–Trinajstić information content (AvgIpc) is 3.29. The highest BCUT2D eigenvalue weighted by molar-refractivity contribution is 6.40. The van der Waals surface area contributed by atoms with Crippen molar-refractivity contribution in [2.45, 2.75) is 6.18 Å². The zero-order valence-electron chi connectivity index (χ0n) is 35.3. The maximum atomic E-state index is 13.1. The van der Waals surface area contributed by atoms with Gasteiger partial charge >= 0.3 is 18.1 Å². The Bertz CT molecular complexity index is 1670. The number of hydrogen-bond acceptors (Lipinski definition) is 16. The smallest absolute Gasteiger partial charge is 0.416 e. The molecule has 19 heteroatoms. The minimum Gasteiger partial charge on any atom is -0.460 e. The zero-order chi connectivity index (χ0) is 45.1. The van der Waals surface area contributed by atoms with E-state index >= 15 is 0 Å². The van der Waals surface area contributed by atoms with Crippen molar-refractivity contribution in [2.75, 3.05) is 151 Å². The van der Waals surface area contributed by atoms with Gasteiger partial charge in [0.2, 0.25) is 0 Å². The number of carbonyl (C=O) groups excluding carboxylic acids is 3. The van der Waals surface area contributed by atoms with Crippen LogP contribution in [0.2, 0.25) is 0 Å². The molecule has 0 saturated carbocycles. The van der Waals surface area contributed by atoms with Crippen LogP contribution in [0, 0.1) is 0 Å². The molecule has 1 N–H and O–H groups in total. The highest BCUT2D eigenvalue weighted by Gasteiger charge is 2.30. The third-order valence-corrected chi connectivity index (χ3v) is 8.11. The minimum absolute atomic E-state index is 0.0131. The van der Waals surface area contributed by atoms with E-state index in [-0.39, 0.29) is 49.8 Å². The Labute approximate surface area is 365 Å². The molecule has 3 rings (SSSR count). The molecule has 0 amide bonds. The number of nitrogens with one attached hydrogen (secondary N) is 1. The third kappa shape index (κ3) is 25.4. The number of para-hydroxylation sites is 1. The van der Waals surface area contributed by atoms with Gasteiger partial charge in [-0.1, -0.05) is 48.5 Å². The van der Waals surface area contributed by atoms with Crippen LogP contribution in [0.5, 0.6) is 0 Å². The SMILES string of the molecule is O=C(OCCOCCOCCOCCOCCOCCOCCOCCOCCOCCOCCOC(=O)c1ccccc1Nc1cccc(C(F)(F)F)c1)C(=O)c1ccccc1. The Kier molecular flexibility index (Phi) is 28.4.